The minimum absolute atomic E-state index is 0.206. The summed E-state index contributed by atoms with van der Waals surface area (Å²) < 4.78 is 5.39. The first-order chi connectivity index (χ1) is 6.07. The smallest absolute Gasteiger partial charge is 0.0727 e. The Bertz CT molecular complexity index is 288. The number of hydrogen-bond donors (Lipinski definition) is 1. The SMILES string of the molecule is CC(C)(N)c1cc2c(s1)CCOC2. The molecule has 0 atom stereocenters. The molecule has 1 aliphatic heterocycles. The second-order valence-corrected chi connectivity index (χ2v) is 5.22. The van der Waals surface area contributed by atoms with Gasteiger partial charge in [-0.25, -0.2) is 0 Å². The molecular weight excluding hydrogens is 182 g/mol. The first-order valence-electron chi connectivity index (χ1n) is 4.56. The van der Waals surface area contributed by atoms with Gasteiger partial charge in [-0.05, 0) is 25.5 Å². The van der Waals surface area contributed by atoms with E-state index in [2.05, 4.69) is 6.07 Å². The largest absolute Gasteiger partial charge is 0.376 e. The number of thiophene rings is 1. The maximum Gasteiger partial charge on any atom is 0.0727 e. The third-order valence-corrected chi connectivity index (χ3v) is 3.84. The Labute approximate surface area is 82.7 Å². The van der Waals surface area contributed by atoms with Crippen LogP contribution in [-0.4, -0.2) is 6.61 Å². The fraction of sp³-hybridized carbons (Fsp3) is 0.600. The predicted octanol–water partition coefficient (Wildman–Crippen LogP) is 2.01. The molecule has 0 radical (unpaired) electrons. The van der Waals surface area contributed by atoms with Crippen LogP contribution < -0.4 is 5.73 Å². The lowest BCUT2D eigenvalue weighted by Gasteiger charge is -2.15. The van der Waals surface area contributed by atoms with Crippen molar-refractivity contribution in [1.82, 2.24) is 0 Å². The van der Waals surface area contributed by atoms with Crippen LogP contribution >= 0.6 is 11.3 Å². The molecule has 0 amide bonds. The van der Waals surface area contributed by atoms with Crippen LogP contribution in [0.2, 0.25) is 0 Å². The Morgan fingerprint density at radius 1 is 1.54 bits per heavy atom. The molecule has 1 aromatic rings. The number of nitrogens with two attached hydrogens (primary N) is 1. The third kappa shape index (κ3) is 1.77. The van der Waals surface area contributed by atoms with Crippen LogP contribution in [0.1, 0.15) is 29.2 Å². The van der Waals surface area contributed by atoms with Gasteiger partial charge >= 0.3 is 0 Å². The van der Waals surface area contributed by atoms with Gasteiger partial charge in [0, 0.05) is 21.7 Å². The summed E-state index contributed by atoms with van der Waals surface area (Å²) in [6.45, 7) is 5.72. The molecule has 0 unspecified atom stereocenters. The maximum absolute atomic E-state index is 6.04. The molecule has 1 aliphatic rings. The van der Waals surface area contributed by atoms with E-state index in [1.807, 2.05) is 25.2 Å². The fourth-order valence-electron chi connectivity index (χ4n) is 1.46. The zero-order valence-corrected chi connectivity index (χ0v) is 8.91. The van der Waals surface area contributed by atoms with Crippen molar-refractivity contribution in [1.29, 1.82) is 0 Å². The van der Waals surface area contributed by atoms with Gasteiger partial charge in [-0.1, -0.05) is 0 Å². The zero-order chi connectivity index (χ0) is 9.47. The summed E-state index contributed by atoms with van der Waals surface area (Å²) >= 11 is 1.84. The second-order valence-electron chi connectivity index (χ2n) is 4.08. The Morgan fingerprint density at radius 3 is 2.92 bits per heavy atom. The fourth-order valence-corrected chi connectivity index (χ4v) is 2.63. The molecule has 2 rings (SSSR count). The summed E-state index contributed by atoms with van der Waals surface area (Å²) in [4.78, 5) is 2.72. The summed E-state index contributed by atoms with van der Waals surface area (Å²) in [5.74, 6) is 0. The summed E-state index contributed by atoms with van der Waals surface area (Å²) in [5, 5.41) is 0. The quantitative estimate of drug-likeness (QED) is 0.747. The molecule has 2 heterocycles. The first-order valence-corrected chi connectivity index (χ1v) is 5.38. The van der Waals surface area contributed by atoms with Gasteiger partial charge in [0.2, 0.25) is 0 Å². The number of hydrogen-bond acceptors (Lipinski definition) is 3. The molecular formula is C10H15NOS. The Balaban J connectivity index is 2.36. The van der Waals surface area contributed by atoms with Crippen molar-refractivity contribution in [3.05, 3.63) is 21.4 Å². The van der Waals surface area contributed by atoms with Gasteiger partial charge in [0.15, 0.2) is 0 Å². The van der Waals surface area contributed by atoms with Crippen molar-refractivity contribution in [2.24, 2.45) is 5.73 Å². The Hall–Kier alpha value is -0.380. The molecule has 2 N–H and O–H groups in total. The lowest BCUT2D eigenvalue weighted by molar-refractivity contribution is 0.112. The Morgan fingerprint density at radius 2 is 2.31 bits per heavy atom. The molecule has 0 saturated heterocycles. The third-order valence-electron chi connectivity index (χ3n) is 2.26. The average molecular weight is 197 g/mol. The highest BCUT2D eigenvalue weighted by molar-refractivity contribution is 7.12. The van der Waals surface area contributed by atoms with Gasteiger partial charge in [-0.3, -0.25) is 0 Å². The van der Waals surface area contributed by atoms with Crippen LogP contribution in [0, 0.1) is 0 Å². The highest BCUT2D eigenvalue weighted by Gasteiger charge is 2.21. The molecule has 72 valence electrons. The summed E-state index contributed by atoms with van der Waals surface area (Å²) in [6.07, 6.45) is 1.05. The van der Waals surface area contributed by atoms with Gasteiger partial charge in [-0.15, -0.1) is 11.3 Å². The van der Waals surface area contributed by atoms with E-state index < -0.39 is 0 Å². The number of ether oxygens (including phenoxy) is 1. The molecule has 3 heteroatoms. The van der Waals surface area contributed by atoms with E-state index in [-0.39, 0.29) is 5.54 Å². The molecule has 0 aliphatic carbocycles. The van der Waals surface area contributed by atoms with E-state index in [1.54, 1.807) is 0 Å². The molecule has 1 aromatic heterocycles. The molecule has 0 aromatic carbocycles. The predicted molar refractivity (Wildman–Crippen MR) is 54.9 cm³/mol. The molecule has 13 heavy (non-hydrogen) atoms. The van der Waals surface area contributed by atoms with Crippen molar-refractivity contribution in [2.45, 2.75) is 32.4 Å². The standard InChI is InChI=1S/C10H15NOS/c1-10(2,11)9-5-7-6-12-4-3-8(7)13-9/h5H,3-4,6,11H2,1-2H3. The molecule has 0 bridgehead atoms. The maximum atomic E-state index is 6.04. The van der Waals surface area contributed by atoms with Gasteiger partial charge in [-0.2, -0.15) is 0 Å². The van der Waals surface area contributed by atoms with Crippen molar-refractivity contribution in [2.75, 3.05) is 6.61 Å². The minimum atomic E-state index is -0.206. The topological polar surface area (TPSA) is 35.2 Å². The van der Waals surface area contributed by atoms with Gasteiger partial charge in [0.05, 0.1) is 13.2 Å². The first kappa shape index (κ1) is 9.19. The van der Waals surface area contributed by atoms with Crippen molar-refractivity contribution >= 4 is 11.3 Å². The monoisotopic (exact) mass is 197 g/mol. The van der Waals surface area contributed by atoms with Gasteiger partial charge < -0.3 is 10.5 Å². The van der Waals surface area contributed by atoms with E-state index >= 15 is 0 Å². The van der Waals surface area contributed by atoms with Gasteiger partial charge in [0.25, 0.3) is 0 Å². The van der Waals surface area contributed by atoms with Crippen molar-refractivity contribution in [3.8, 4) is 0 Å². The molecule has 0 saturated carbocycles. The molecule has 2 nitrogen and oxygen atoms in total. The van der Waals surface area contributed by atoms with E-state index in [4.69, 9.17) is 10.5 Å². The second kappa shape index (κ2) is 3.08. The van der Waals surface area contributed by atoms with E-state index in [0.717, 1.165) is 19.6 Å². The lowest BCUT2D eigenvalue weighted by atomic mass is 10.0. The lowest BCUT2D eigenvalue weighted by Crippen LogP contribution is -2.27. The molecule has 0 fully saturated rings. The molecule has 0 spiro atoms. The average Bonchev–Trinajstić information content (AvgIpc) is 2.45. The number of rotatable bonds is 1. The normalized spacial score (nSPS) is 17.2. The number of fused-ring (bicyclic) bond motifs is 1. The van der Waals surface area contributed by atoms with Crippen LogP contribution in [0.5, 0.6) is 0 Å². The van der Waals surface area contributed by atoms with Crippen LogP contribution in [0.15, 0.2) is 6.07 Å². The highest BCUT2D eigenvalue weighted by atomic mass is 32.1. The Kier molecular flexibility index (Phi) is 2.18. The summed E-state index contributed by atoms with van der Waals surface area (Å²) in [6, 6.07) is 2.19. The van der Waals surface area contributed by atoms with Crippen LogP contribution in [0.4, 0.5) is 0 Å². The minimum Gasteiger partial charge on any atom is -0.376 e. The van der Waals surface area contributed by atoms with Crippen molar-refractivity contribution < 1.29 is 4.74 Å². The van der Waals surface area contributed by atoms with E-state index in [1.165, 1.54) is 15.3 Å². The van der Waals surface area contributed by atoms with Crippen LogP contribution in [-0.2, 0) is 23.3 Å². The summed E-state index contributed by atoms with van der Waals surface area (Å²) in [7, 11) is 0. The highest BCUT2D eigenvalue weighted by Crippen LogP contribution is 2.32. The summed E-state index contributed by atoms with van der Waals surface area (Å²) in [5.41, 5.74) is 7.17. The van der Waals surface area contributed by atoms with Crippen LogP contribution in [0.3, 0.4) is 0 Å². The van der Waals surface area contributed by atoms with Crippen LogP contribution in [0.25, 0.3) is 0 Å². The zero-order valence-electron chi connectivity index (χ0n) is 8.09. The van der Waals surface area contributed by atoms with E-state index in [9.17, 15) is 0 Å². The van der Waals surface area contributed by atoms with E-state index in [0.29, 0.717) is 0 Å². The van der Waals surface area contributed by atoms with Gasteiger partial charge in [0.1, 0.15) is 0 Å². The van der Waals surface area contributed by atoms with Crippen molar-refractivity contribution in [3.63, 3.8) is 0 Å².